The molecule has 23 heavy (non-hydrogen) atoms. The maximum atomic E-state index is 12.5. The Labute approximate surface area is 152 Å². The first kappa shape index (κ1) is 19.7. The minimum Gasteiger partial charge on any atom is -0.351 e. The average Bonchev–Trinajstić information content (AvgIpc) is 2.50. The second kappa shape index (κ2) is 8.48. The minimum atomic E-state index is -1.04. The lowest BCUT2D eigenvalue weighted by Gasteiger charge is -2.26. The van der Waals surface area contributed by atoms with Gasteiger partial charge in [-0.05, 0) is 37.5 Å². The molecule has 0 aliphatic heterocycles. The summed E-state index contributed by atoms with van der Waals surface area (Å²) in [6.07, 6.45) is 0.748. The molecule has 3 nitrogen and oxygen atoms in total. The highest BCUT2D eigenvalue weighted by molar-refractivity contribution is 9.10. The molecule has 2 atom stereocenters. The Kier molecular flexibility index (Phi) is 7.26. The lowest BCUT2D eigenvalue weighted by Crippen LogP contribution is -2.51. The zero-order chi connectivity index (χ0) is 16.2. The van der Waals surface area contributed by atoms with Crippen LogP contribution >= 0.6 is 28.3 Å². The second-order valence-corrected chi connectivity index (χ2v) is 6.59. The normalized spacial score (nSPS) is 14.3. The summed E-state index contributed by atoms with van der Waals surface area (Å²) in [5, 5.41) is 3.01. The Morgan fingerprint density at radius 1 is 1.17 bits per heavy atom. The van der Waals surface area contributed by atoms with Crippen LogP contribution in [0.25, 0.3) is 0 Å². The molecule has 0 saturated heterocycles. The predicted molar refractivity (Wildman–Crippen MR) is 101 cm³/mol. The van der Waals surface area contributed by atoms with Crippen LogP contribution in [0.15, 0.2) is 59.1 Å². The first-order chi connectivity index (χ1) is 10.4. The maximum absolute atomic E-state index is 12.5. The third-order valence-corrected chi connectivity index (χ3v) is 4.48. The van der Waals surface area contributed by atoms with Gasteiger partial charge < -0.3 is 11.1 Å². The van der Waals surface area contributed by atoms with Crippen molar-refractivity contribution in [1.82, 2.24) is 5.32 Å². The number of amides is 1. The van der Waals surface area contributed by atoms with E-state index < -0.39 is 5.54 Å². The van der Waals surface area contributed by atoms with E-state index in [1.165, 1.54) is 0 Å². The molecule has 2 unspecified atom stereocenters. The molecule has 0 heterocycles. The highest BCUT2D eigenvalue weighted by Gasteiger charge is 2.31. The van der Waals surface area contributed by atoms with Gasteiger partial charge in [-0.1, -0.05) is 64.5 Å². The van der Waals surface area contributed by atoms with Crippen molar-refractivity contribution in [3.8, 4) is 0 Å². The number of halogens is 2. The standard InChI is InChI=1S/C18H21BrN2O.ClH/c1-13(12-14-8-6-7-11-16(14)19)21-17(22)18(2,20)15-9-4-3-5-10-15;/h3-11,13H,12,20H2,1-2H3,(H,21,22);1H. The van der Waals surface area contributed by atoms with Gasteiger partial charge in [0.25, 0.3) is 0 Å². The van der Waals surface area contributed by atoms with Gasteiger partial charge in [-0.3, -0.25) is 4.79 Å². The third kappa shape index (κ3) is 5.06. The highest BCUT2D eigenvalue weighted by Crippen LogP contribution is 2.20. The zero-order valence-corrected chi connectivity index (χ0v) is 15.7. The van der Waals surface area contributed by atoms with Crippen molar-refractivity contribution < 1.29 is 4.79 Å². The van der Waals surface area contributed by atoms with Crippen molar-refractivity contribution in [2.24, 2.45) is 5.73 Å². The van der Waals surface area contributed by atoms with E-state index in [4.69, 9.17) is 5.73 Å². The van der Waals surface area contributed by atoms with Gasteiger partial charge in [-0.25, -0.2) is 0 Å². The quantitative estimate of drug-likeness (QED) is 0.806. The molecule has 5 heteroatoms. The number of nitrogens with two attached hydrogens (primary N) is 1. The molecule has 0 aliphatic carbocycles. The van der Waals surface area contributed by atoms with Gasteiger partial charge in [0, 0.05) is 10.5 Å². The van der Waals surface area contributed by atoms with E-state index in [1.807, 2.05) is 61.5 Å². The summed E-state index contributed by atoms with van der Waals surface area (Å²) < 4.78 is 1.05. The topological polar surface area (TPSA) is 55.1 Å². The largest absolute Gasteiger partial charge is 0.351 e. The lowest BCUT2D eigenvalue weighted by atomic mass is 9.92. The van der Waals surface area contributed by atoms with Gasteiger partial charge in [-0.15, -0.1) is 12.4 Å². The van der Waals surface area contributed by atoms with Gasteiger partial charge in [0.05, 0.1) is 0 Å². The van der Waals surface area contributed by atoms with Crippen LogP contribution in [0.2, 0.25) is 0 Å². The summed E-state index contributed by atoms with van der Waals surface area (Å²) in [7, 11) is 0. The van der Waals surface area contributed by atoms with E-state index in [-0.39, 0.29) is 24.4 Å². The van der Waals surface area contributed by atoms with Crippen LogP contribution in [0.4, 0.5) is 0 Å². The number of carbonyl (C=O) groups excluding carboxylic acids is 1. The molecular formula is C18H22BrClN2O. The minimum absolute atomic E-state index is 0. The fraction of sp³-hybridized carbons (Fsp3) is 0.278. The van der Waals surface area contributed by atoms with Crippen LogP contribution in [0.5, 0.6) is 0 Å². The molecule has 3 N–H and O–H groups in total. The molecule has 0 aliphatic rings. The van der Waals surface area contributed by atoms with E-state index in [0.29, 0.717) is 0 Å². The van der Waals surface area contributed by atoms with Gasteiger partial charge in [-0.2, -0.15) is 0 Å². The molecule has 0 radical (unpaired) electrons. The first-order valence-corrected chi connectivity index (χ1v) is 8.09. The Morgan fingerprint density at radius 2 is 1.74 bits per heavy atom. The van der Waals surface area contributed by atoms with Crippen LogP contribution in [-0.4, -0.2) is 11.9 Å². The van der Waals surface area contributed by atoms with Crippen LogP contribution in [0.3, 0.4) is 0 Å². The summed E-state index contributed by atoms with van der Waals surface area (Å²) >= 11 is 3.53. The average molecular weight is 398 g/mol. The molecule has 2 aromatic rings. The van der Waals surface area contributed by atoms with Crippen LogP contribution in [0, 0.1) is 0 Å². The van der Waals surface area contributed by atoms with Crippen molar-refractivity contribution in [2.75, 3.05) is 0 Å². The molecule has 0 spiro atoms. The smallest absolute Gasteiger partial charge is 0.244 e. The van der Waals surface area contributed by atoms with Crippen LogP contribution < -0.4 is 11.1 Å². The van der Waals surface area contributed by atoms with Crippen molar-refractivity contribution in [3.63, 3.8) is 0 Å². The van der Waals surface area contributed by atoms with Gasteiger partial charge in [0.1, 0.15) is 5.54 Å². The summed E-state index contributed by atoms with van der Waals surface area (Å²) in [5.41, 5.74) is 7.16. The molecule has 0 saturated carbocycles. The molecule has 0 bridgehead atoms. The molecule has 0 aromatic heterocycles. The number of hydrogen-bond acceptors (Lipinski definition) is 2. The van der Waals surface area contributed by atoms with Crippen molar-refractivity contribution in [2.45, 2.75) is 31.8 Å². The molecule has 2 rings (SSSR count). The number of carbonyl (C=O) groups is 1. The summed E-state index contributed by atoms with van der Waals surface area (Å²) in [4.78, 5) is 12.5. The van der Waals surface area contributed by atoms with Crippen molar-refractivity contribution in [3.05, 3.63) is 70.2 Å². The Bertz CT molecular complexity index is 646. The Morgan fingerprint density at radius 3 is 2.35 bits per heavy atom. The zero-order valence-electron chi connectivity index (χ0n) is 13.3. The summed E-state index contributed by atoms with van der Waals surface area (Å²) in [6.45, 7) is 3.72. The lowest BCUT2D eigenvalue weighted by molar-refractivity contribution is -0.126. The SMILES string of the molecule is CC(Cc1ccccc1Br)NC(=O)C(C)(N)c1ccccc1.Cl. The Hall–Kier alpha value is -1.36. The molecule has 124 valence electrons. The first-order valence-electron chi connectivity index (χ1n) is 7.30. The summed E-state index contributed by atoms with van der Waals surface area (Å²) in [5.74, 6) is -0.168. The molecule has 1 amide bonds. The van der Waals surface area contributed by atoms with Gasteiger partial charge in [0.15, 0.2) is 0 Å². The van der Waals surface area contributed by atoms with E-state index in [2.05, 4.69) is 21.2 Å². The monoisotopic (exact) mass is 396 g/mol. The number of nitrogens with one attached hydrogen (secondary N) is 1. The third-order valence-electron chi connectivity index (χ3n) is 3.71. The molecular weight excluding hydrogens is 376 g/mol. The second-order valence-electron chi connectivity index (χ2n) is 5.74. The predicted octanol–water partition coefficient (Wildman–Crippen LogP) is 3.79. The van der Waals surface area contributed by atoms with Crippen LogP contribution in [0.1, 0.15) is 25.0 Å². The van der Waals surface area contributed by atoms with E-state index in [9.17, 15) is 4.79 Å². The Balaban J connectivity index is 0.00000264. The van der Waals surface area contributed by atoms with E-state index >= 15 is 0 Å². The van der Waals surface area contributed by atoms with E-state index in [1.54, 1.807) is 6.92 Å². The maximum Gasteiger partial charge on any atom is 0.244 e. The van der Waals surface area contributed by atoms with Crippen molar-refractivity contribution in [1.29, 1.82) is 0 Å². The molecule has 2 aromatic carbocycles. The number of benzene rings is 2. The molecule has 0 fully saturated rings. The fourth-order valence-corrected chi connectivity index (χ4v) is 2.78. The van der Waals surface area contributed by atoms with Crippen LogP contribution in [-0.2, 0) is 16.8 Å². The van der Waals surface area contributed by atoms with E-state index in [0.717, 1.165) is 22.0 Å². The van der Waals surface area contributed by atoms with Gasteiger partial charge in [0.2, 0.25) is 5.91 Å². The fourth-order valence-electron chi connectivity index (χ4n) is 2.33. The number of hydrogen-bond donors (Lipinski definition) is 2. The van der Waals surface area contributed by atoms with Gasteiger partial charge >= 0.3 is 0 Å². The highest BCUT2D eigenvalue weighted by atomic mass is 79.9. The number of rotatable bonds is 5. The van der Waals surface area contributed by atoms with Crippen molar-refractivity contribution >= 4 is 34.2 Å². The summed E-state index contributed by atoms with van der Waals surface area (Å²) in [6, 6.07) is 17.4.